The highest BCUT2D eigenvalue weighted by Gasteiger charge is 2.25. The summed E-state index contributed by atoms with van der Waals surface area (Å²) in [6, 6.07) is 15.7. The van der Waals surface area contributed by atoms with Crippen LogP contribution >= 0.6 is 0 Å². The lowest BCUT2D eigenvalue weighted by molar-refractivity contribution is 0.0957. The fraction of sp³-hybridized carbons (Fsp3) is 0.350. The summed E-state index contributed by atoms with van der Waals surface area (Å²) in [6.45, 7) is 4.58. The fourth-order valence-electron chi connectivity index (χ4n) is 2.90. The summed E-state index contributed by atoms with van der Waals surface area (Å²) in [7, 11) is 3.89. The van der Waals surface area contributed by atoms with Crippen molar-refractivity contribution < 1.29 is 9.53 Å². The molecule has 3 nitrogen and oxygen atoms in total. The molecular formula is C20H25NO2. The van der Waals surface area contributed by atoms with Crippen LogP contribution in [0.2, 0.25) is 0 Å². The number of anilines is 1. The summed E-state index contributed by atoms with van der Waals surface area (Å²) in [6.07, 6.45) is 0.772. The van der Waals surface area contributed by atoms with Gasteiger partial charge in [-0.15, -0.1) is 0 Å². The van der Waals surface area contributed by atoms with Crippen LogP contribution in [0.5, 0.6) is 5.75 Å². The average Bonchev–Trinajstić information content (AvgIpc) is 2.56. The molecule has 2 rings (SSSR count). The van der Waals surface area contributed by atoms with E-state index in [0.29, 0.717) is 6.61 Å². The van der Waals surface area contributed by atoms with Crippen molar-refractivity contribution in [2.45, 2.75) is 26.2 Å². The van der Waals surface area contributed by atoms with Gasteiger partial charge in [0.1, 0.15) is 5.75 Å². The van der Waals surface area contributed by atoms with Gasteiger partial charge in [-0.05, 0) is 31.0 Å². The van der Waals surface area contributed by atoms with Gasteiger partial charge in [0.25, 0.3) is 0 Å². The Morgan fingerprint density at radius 2 is 1.74 bits per heavy atom. The highest BCUT2D eigenvalue weighted by molar-refractivity contribution is 6.06. The summed E-state index contributed by atoms with van der Waals surface area (Å²) < 4.78 is 5.71. The molecule has 0 saturated carbocycles. The molecule has 0 bridgehead atoms. The lowest BCUT2D eigenvalue weighted by Gasteiger charge is -2.23. The first-order valence-corrected chi connectivity index (χ1v) is 8.12. The number of Topliss-reactive ketones (excluding diaryl/α,β-unsaturated/α-hetero) is 1. The Morgan fingerprint density at radius 3 is 2.30 bits per heavy atom. The SMILES string of the molecule is CCOc1cccc(C(=O)C(CC)c2ccccc2)c1N(C)C. The molecule has 0 aliphatic carbocycles. The molecule has 2 aromatic rings. The summed E-state index contributed by atoms with van der Waals surface area (Å²) in [5.74, 6) is 0.766. The number of nitrogens with zero attached hydrogens (tertiary/aromatic N) is 1. The second-order valence-electron chi connectivity index (χ2n) is 5.72. The van der Waals surface area contributed by atoms with Gasteiger partial charge in [0.15, 0.2) is 5.78 Å². The number of hydrogen-bond donors (Lipinski definition) is 0. The molecule has 23 heavy (non-hydrogen) atoms. The van der Waals surface area contributed by atoms with Crippen molar-refractivity contribution in [1.29, 1.82) is 0 Å². The zero-order chi connectivity index (χ0) is 16.8. The Kier molecular flexibility index (Phi) is 5.80. The molecule has 0 fully saturated rings. The van der Waals surface area contributed by atoms with Crippen LogP contribution in [0.4, 0.5) is 5.69 Å². The zero-order valence-corrected chi connectivity index (χ0v) is 14.4. The topological polar surface area (TPSA) is 29.5 Å². The van der Waals surface area contributed by atoms with Gasteiger partial charge in [0, 0.05) is 25.6 Å². The molecule has 0 saturated heterocycles. The lowest BCUT2D eigenvalue weighted by atomic mass is 9.87. The van der Waals surface area contributed by atoms with E-state index in [-0.39, 0.29) is 11.7 Å². The van der Waals surface area contributed by atoms with E-state index in [9.17, 15) is 4.79 Å². The molecule has 0 radical (unpaired) electrons. The highest BCUT2D eigenvalue weighted by atomic mass is 16.5. The Balaban J connectivity index is 2.47. The van der Waals surface area contributed by atoms with E-state index in [2.05, 4.69) is 6.92 Å². The molecule has 3 heteroatoms. The van der Waals surface area contributed by atoms with Crippen molar-refractivity contribution in [2.24, 2.45) is 0 Å². The third kappa shape index (κ3) is 3.73. The lowest BCUT2D eigenvalue weighted by Crippen LogP contribution is -2.19. The standard InChI is InChI=1S/C20H25NO2/c1-5-16(15-11-8-7-9-12-15)20(22)17-13-10-14-18(23-6-2)19(17)21(3)4/h7-14,16H,5-6H2,1-4H3. The summed E-state index contributed by atoms with van der Waals surface area (Å²) in [5, 5.41) is 0. The monoisotopic (exact) mass is 311 g/mol. The minimum absolute atomic E-state index is 0.133. The van der Waals surface area contributed by atoms with Crippen molar-refractivity contribution in [3.05, 3.63) is 59.7 Å². The van der Waals surface area contributed by atoms with Crippen molar-refractivity contribution in [3.8, 4) is 5.75 Å². The first-order valence-electron chi connectivity index (χ1n) is 8.12. The third-order valence-corrected chi connectivity index (χ3v) is 3.94. The molecule has 0 amide bonds. The van der Waals surface area contributed by atoms with E-state index in [1.165, 1.54) is 0 Å². The summed E-state index contributed by atoms with van der Waals surface area (Å²) >= 11 is 0. The number of ketones is 1. The second kappa shape index (κ2) is 7.82. The number of hydrogen-bond acceptors (Lipinski definition) is 3. The van der Waals surface area contributed by atoms with Crippen LogP contribution in [-0.2, 0) is 0 Å². The van der Waals surface area contributed by atoms with Crippen molar-refractivity contribution in [3.63, 3.8) is 0 Å². The Bertz CT molecular complexity index is 650. The third-order valence-electron chi connectivity index (χ3n) is 3.94. The number of ether oxygens (including phenoxy) is 1. The van der Waals surface area contributed by atoms with E-state index in [4.69, 9.17) is 4.74 Å². The van der Waals surface area contributed by atoms with Gasteiger partial charge < -0.3 is 9.64 Å². The fourth-order valence-corrected chi connectivity index (χ4v) is 2.90. The molecule has 2 aromatic carbocycles. The minimum atomic E-state index is -0.133. The molecule has 0 aromatic heterocycles. The van der Waals surface area contributed by atoms with E-state index in [1.807, 2.05) is 74.4 Å². The van der Waals surface area contributed by atoms with Gasteiger partial charge in [-0.2, -0.15) is 0 Å². The van der Waals surface area contributed by atoms with Gasteiger partial charge in [0.05, 0.1) is 12.3 Å². The maximum absolute atomic E-state index is 13.2. The second-order valence-corrected chi connectivity index (χ2v) is 5.72. The van der Waals surface area contributed by atoms with Crippen LogP contribution < -0.4 is 9.64 Å². The van der Waals surface area contributed by atoms with Gasteiger partial charge in [0.2, 0.25) is 0 Å². The van der Waals surface area contributed by atoms with Crippen LogP contribution in [0.15, 0.2) is 48.5 Å². The van der Waals surface area contributed by atoms with Crippen molar-refractivity contribution in [2.75, 3.05) is 25.6 Å². The number of carbonyl (C=O) groups excluding carboxylic acids is 1. The molecule has 0 N–H and O–H groups in total. The number of benzene rings is 2. The first-order chi connectivity index (χ1) is 11.1. The average molecular weight is 311 g/mol. The summed E-state index contributed by atoms with van der Waals surface area (Å²) in [5.41, 5.74) is 2.64. The van der Waals surface area contributed by atoms with Gasteiger partial charge in [-0.1, -0.05) is 43.3 Å². The highest BCUT2D eigenvalue weighted by Crippen LogP contribution is 2.35. The predicted octanol–water partition coefficient (Wildman–Crippen LogP) is 4.53. The quantitative estimate of drug-likeness (QED) is 0.704. The molecule has 0 spiro atoms. The smallest absolute Gasteiger partial charge is 0.172 e. The van der Waals surface area contributed by atoms with E-state index in [0.717, 1.165) is 29.0 Å². The Morgan fingerprint density at radius 1 is 1.04 bits per heavy atom. The van der Waals surface area contributed by atoms with Crippen LogP contribution in [-0.4, -0.2) is 26.5 Å². The largest absolute Gasteiger partial charge is 0.492 e. The Labute approximate surface area is 138 Å². The molecule has 0 heterocycles. The van der Waals surface area contributed by atoms with Crippen molar-refractivity contribution >= 4 is 11.5 Å². The maximum Gasteiger partial charge on any atom is 0.172 e. The molecule has 0 aliphatic rings. The van der Waals surface area contributed by atoms with Gasteiger partial charge in [-0.3, -0.25) is 4.79 Å². The summed E-state index contributed by atoms with van der Waals surface area (Å²) in [4.78, 5) is 15.1. The van der Waals surface area contributed by atoms with E-state index in [1.54, 1.807) is 0 Å². The minimum Gasteiger partial charge on any atom is -0.492 e. The van der Waals surface area contributed by atoms with E-state index < -0.39 is 0 Å². The molecule has 1 atom stereocenters. The first kappa shape index (κ1) is 17.1. The van der Waals surface area contributed by atoms with Crippen molar-refractivity contribution in [1.82, 2.24) is 0 Å². The van der Waals surface area contributed by atoms with E-state index >= 15 is 0 Å². The number of para-hydroxylation sites is 1. The van der Waals surface area contributed by atoms with Crippen LogP contribution in [0.3, 0.4) is 0 Å². The van der Waals surface area contributed by atoms with Crippen LogP contribution in [0.1, 0.15) is 42.1 Å². The van der Waals surface area contributed by atoms with Crippen LogP contribution in [0, 0.1) is 0 Å². The molecule has 0 aliphatic heterocycles. The van der Waals surface area contributed by atoms with Crippen LogP contribution in [0.25, 0.3) is 0 Å². The zero-order valence-electron chi connectivity index (χ0n) is 14.4. The molecular weight excluding hydrogens is 286 g/mol. The molecule has 1 unspecified atom stereocenters. The Hall–Kier alpha value is -2.29. The maximum atomic E-state index is 13.2. The van der Waals surface area contributed by atoms with Gasteiger partial charge in [-0.25, -0.2) is 0 Å². The van der Waals surface area contributed by atoms with Gasteiger partial charge >= 0.3 is 0 Å². The predicted molar refractivity (Wildman–Crippen MR) is 95.7 cm³/mol. The molecule has 122 valence electrons. The number of carbonyl (C=O) groups is 1. The normalized spacial score (nSPS) is 11.8. The number of rotatable bonds is 7.